The lowest BCUT2D eigenvalue weighted by molar-refractivity contribution is -0.139. The topological polar surface area (TPSA) is 59.1 Å². The Labute approximate surface area is 84.7 Å². The Hall–Kier alpha value is -1.14. The predicted molar refractivity (Wildman–Crippen MR) is 47.9 cm³/mol. The monoisotopic (exact) mass is 220 g/mol. The standard InChI is InChI=1S/C9H11F3N2O/c10-9(11,12)7-2-4-14-5-6(7)8(15)1-3-13/h2,4-5,8,15H,1,3,13H2/t8-/m0/s1. The van der Waals surface area contributed by atoms with Gasteiger partial charge in [-0.1, -0.05) is 0 Å². The van der Waals surface area contributed by atoms with Crippen LogP contribution >= 0.6 is 0 Å². The van der Waals surface area contributed by atoms with Crippen LogP contribution in [0.25, 0.3) is 0 Å². The number of alkyl halides is 3. The van der Waals surface area contributed by atoms with E-state index in [-0.39, 0.29) is 18.5 Å². The van der Waals surface area contributed by atoms with Gasteiger partial charge in [-0.25, -0.2) is 0 Å². The third kappa shape index (κ3) is 2.90. The van der Waals surface area contributed by atoms with Gasteiger partial charge in [-0.3, -0.25) is 4.98 Å². The molecule has 3 N–H and O–H groups in total. The van der Waals surface area contributed by atoms with Crippen LogP contribution in [-0.2, 0) is 6.18 Å². The normalized spacial score (nSPS) is 13.9. The zero-order valence-corrected chi connectivity index (χ0v) is 7.83. The van der Waals surface area contributed by atoms with E-state index >= 15 is 0 Å². The molecule has 1 aromatic rings. The fourth-order valence-corrected chi connectivity index (χ4v) is 1.24. The van der Waals surface area contributed by atoms with Crippen molar-refractivity contribution in [1.82, 2.24) is 4.98 Å². The second-order valence-corrected chi connectivity index (χ2v) is 3.05. The molecule has 0 saturated heterocycles. The fourth-order valence-electron chi connectivity index (χ4n) is 1.24. The van der Waals surface area contributed by atoms with Crippen LogP contribution in [0.1, 0.15) is 23.7 Å². The minimum atomic E-state index is -4.48. The van der Waals surface area contributed by atoms with Crippen LogP contribution in [0.4, 0.5) is 13.2 Å². The second kappa shape index (κ2) is 4.59. The number of halogens is 3. The number of aromatic nitrogens is 1. The van der Waals surface area contributed by atoms with Crippen LogP contribution in [0, 0.1) is 0 Å². The Kier molecular flexibility index (Phi) is 3.65. The number of hydrogen-bond donors (Lipinski definition) is 2. The van der Waals surface area contributed by atoms with Crippen molar-refractivity contribution in [1.29, 1.82) is 0 Å². The molecular weight excluding hydrogens is 209 g/mol. The SMILES string of the molecule is NCC[C@H](O)c1cnccc1C(F)(F)F. The highest BCUT2D eigenvalue weighted by atomic mass is 19.4. The Morgan fingerprint density at radius 2 is 2.13 bits per heavy atom. The Morgan fingerprint density at radius 1 is 1.47 bits per heavy atom. The maximum atomic E-state index is 12.5. The molecule has 0 aliphatic rings. The highest BCUT2D eigenvalue weighted by Gasteiger charge is 2.34. The predicted octanol–water partition coefficient (Wildman–Crippen LogP) is 1.48. The van der Waals surface area contributed by atoms with Crippen molar-refractivity contribution in [3.63, 3.8) is 0 Å². The van der Waals surface area contributed by atoms with Gasteiger partial charge in [-0.15, -0.1) is 0 Å². The number of aliphatic hydroxyl groups is 1. The van der Waals surface area contributed by atoms with E-state index in [4.69, 9.17) is 5.73 Å². The molecule has 0 radical (unpaired) electrons. The summed E-state index contributed by atoms with van der Waals surface area (Å²) < 4.78 is 37.4. The molecule has 0 unspecified atom stereocenters. The fraction of sp³-hybridized carbons (Fsp3) is 0.444. The summed E-state index contributed by atoms with van der Waals surface area (Å²) in [7, 11) is 0. The average molecular weight is 220 g/mol. The van der Waals surface area contributed by atoms with Crippen molar-refractivity contribution >= 4 is 0 Å². The van der Waals surface area contributed by atoms with Crippen molar-refractivity contribution in [3.8, 4) is 0 Å². The van der Waals surface area contributed by atoms with Gasteiger partial charge in [-0.2, -0.15) is 13.2 Å². The first-order valence-electron chi connectivity index (χ1n) is 4.36. The minimum Gasteiger partial charge on any atom is -0.388 e. The lowest BCUT2D eigenvalue weighted by atomic mass is 10.0. The highest BCUT2D eigenvalue weighted by Crippen LogP contribution is 2.34. The molecule has 0 amide bonds. The minimum absolute atomic E-state index is 0.0781. The van der Waals surface area contributed by atoms with E-state index in [0.29, 0.717) is 0 Å². The van der Waals surface area contributed by atoms with E-state index in [1.807, 2.05) is 0 Å². The van der Waals surface area contributed by atoms with Gasteiger partial charge in [0.15, 0.2) is 0 Å². The maximum Gasteiger partial charge on any atom is 0.416 e. The number of pyridine rings is 1. The van der Waals surface area contributed by atoms with Gasteiger partial charge in [0, 0.05) is 18.0 Å². The largest absolute Gasteiger partial charge is 0.416 e. The summed E-state index contributed by atoms with van der Waals surface area (Å²) >= 11 is 0. The number of nitrogens with two attached hydrogens (primary N) is 1. The molecule has 0 aliphatic carbocycles. The van der Waals surface area contributed by atoms with Gasteiger partial charge in [0.05, 0.1) is 11.7 Å². The van der Waals surface area contributed by atoms with E-state index < -0.39 is 17.8 Å². The first-order chi connectivity index (χ1) is 6.96. The molecule has 1 aromatic heterocycles. The van der Waals surface area contributed by atoms with E-state index in [0.717, 1.165) is 18.5 Å². The quantitative estimate of drug-likeness (QED) is 0.811. The van der Waals surface area contributed by atoms with Crippen molar-refractivity contribution in [2.75, 3.05) is 6.54 Å². The Bertz CT molecular complexity index is 327. The molecule has 6 heteroatoms. The molecule has 0 spiro atoms. The highest BCUT2D eigenvalue weighted by molar-refractivity contribution is 5.28. The smallest absolute Gasteiger partial charge is 0.388 e. The van der Waals surface area contributed by atoms with E-state index in [2.05, 4.69) is 4.98 Å². The van der Waals surface area contributed by atoms with Gasteiger partial charge in [-0.05, 0) is 19.0 Å². The molecule has 84 valence electrons. The molecular formula is C9H11F3N2O. The summed E-state index contributed by atoms with van der Waals surface area (Å²) in [6.07, 6.45) is -3.56. The summed E-state index contributed by atoms with van der Waals surface area (Å²) in [5.41, 5.74) is 4.08. The Balaban J connectivity index is 3.06. The van der Waals surface area contributed by atoms with Crippen LogP contribution < -0.4 is 5.73 Å². The number of hydrogen-bond acceptors (Lipinski definition) is 3. The van der Waals surface area contributed by atoms with Crippen molar-refractivity contribution < 1.29 is 18.3 Å². The lowest BCUT2D eigenvalue weighted by Gasteiger charge is -2.15. The molecule has 1 atom stereocenters. The molecule has 3 nitrogen and oxygen atoms in total. The molecule has 0 fully saturated rings. The molecule has 1 heterocycles. The molecule has 0 aliphatic heterocycles. The molecule has 15 heavy (non-hydrogen) atoms. The zero-order valence-electron chi connectivity index (χ0n) is 7.83. The third-order valence-corrected chi connectivity index (χ3v) is 1.96. The average Bonchev–Trinajstić information content (AvgIpc) is 2.17. The third-order valence-electron chi connectivity index (χ3n) is 1.96. The van der Waals surface area contributed by atoms with Crippen molar-refractivity contribution in [2.24, 2.45) is 5.73 Å². The van der Waals surface area contributed by atoms with Gasteiger partial charge in [0.2, 0.25) is 0 Å². The van der Waals surface area contributed by atoms with Crippen molar-refractivity contribution in [3.05, 3.63) is 29.6 Å². The number of aliphatic hydroxyl groups excluding tert-OH is 1. The van der Waals surface area contributed by atoms with Crippen LogP contribution in [0.5, 0.6) is 0 Å². The van der Waals surface area contributed by atoms with Crippen LogP contribution in [0.3, 0.4) is 0 Å². The van der Waals surface area contributed by atoms with Crippen LogP contribution in [0.15, 0.2) is 18.5 Å². The lowest BCUT2D eigenvalue weighted by Crippen LogP contribution is -2.14. The number of nitrogens with zero attached hydrogens (tertiary/aromatic N) is 1. The molecule has 1 rings (SSSR count). The molecule has 0 bridgehead atoms. The van der Waals surface area contributed by atoms with Crippen molar-refractivity contribution in [2.45, 2.75) is 18.7 Å². The van der Waals surface area contributed by atoms with E-state index in [1.165, 1.54) is 0 Å². The summed E-state index contributed by atoms with van der Waals surface area (Å²) in [5.74, 6) is 0. The maximum absolute atomic E-state index is 12.5. The first-order valence-corrected chi connectivity index (χ1v) is 4.36. The molecule has 0 saturated carbocycles. The number of rotatable bonds is 3. The van der Waals surface area contributed by atoms with E-state index in [9.17, 15) is 18.3 Å². The first kappa shape index (κ1) is 11.9. The zero-order chi connectivity index (χ0) is 11.5. The Morgan fingerprint density at radius 3 is 2.67 bits per heavy atom. The van der Waals surface area contributed by atoms with Crippen LogP contribution in [-0.4, -0.2) is 16.6 Å². The van der Waals surface area contributed by atoms with E-state index in [1.54, 1.807) is 0 Å². The summed E-state index contributed by atoms with van der Waals surface area (Å²) in [4.78, 5) is 3.56. The summed E-state index contributed by atoms with van der Waals surface area (Å²) in [6.45, 7) is 0.118. The van der Waals surface area contributed by atoms with Gasteiger partial charge >= 0.3 is 6.18 Å². The van der Waals surface area contributed by atoms with Gasteiger partial charge < -0.3 is 10.8 Å². The van der Waals surface area contributed by atoms with Gasteiger partial charge in [0.1, 0.15) is 0 Å². The summed E-state index contributed by atoms with van der Waals surface area (Å²) in [5, 5.41) is 9.44. The van der Waals surface area contributed by atoms with Gasteiger partial charge in [0.25, 0.3) is 0 Å². The van der Waals surface area contributed by atoms with Crippen LogP contribution in [0.2, 0.25) is 0 Å². The second-order valence-electron chi connectivity index (χ2n) is 3.05. The molecule has 0 aromatic carbocycles. The summed E-state index contributed by atoms with van der Waals surface area (Å²) in [6, 6.07) is 0.842.